The number of nitrogen functional groups attached to an aromatic ring is 1. The van der Waals surface area contributed by atoms with Crippen molar-refractivity contribution in [2.45, 2.75) is 0 Å². The predicted octanol–water partition coefficient (Wildman–Crippen LogP) is 5.45. The topological polar surface area (TPSA) is 105 Å². The zero-order valence-electron chi connectivity index (χ0n) is 19.9. The summed E-state index contributed by atoms with van der Waals surface area (Å²) in [6.07, 6.45) is 3.08. The van der Waals surface area contributed by atoms with E-state index in [1.54, 1.807) is 27.5 Å². The fourth-order valence-corrected chi connectivity index (χ4v) is 4.11. The number of anilines is 1. The summed E-state index contributed by atoms with van der Waals surface area (Å²) >= 11 is 0. The molecule has 5 aromatic rings. The maximum absolute atomic E-state index is 6.40. The minimum atomic E-state index is 0. The zero-order valence-corrected chi connectivity index (χ0v) is 20.7. The van der Waals surface area contributed by atoms with Gasteiger partial charge in [-0.2, -0.15) is 0 Å². The van der Waals surface area contributed by atoms with Crippen LogP contribution in [0.15, 0.2) is 73.2 Å². The quantitative estimate of drug-likeness (QED) is 0.327. The first-order valence-electron chi connectivity index (χ1n) is 10.9. The number of halogens is 1. The van der Waals surface area contributed by atoms with Gasteiger partial charge in [-0.3, -0.25) is 4.98 Å². The second-order valence-electron chi connectivity index (χ2n) is 7.69. The Hall–Kier alpha value is -4.43. The SMILES string of the molecule is COc1ccc(-c2nc3ncnc(N)c3c(-c3ccccc3)c2-c2ccc(OC)c(OC)c2)nc1.Cl. The summed E-state index contributed by atoms with van der Waals surface area (Å²) in [6, 6.07) is 19.4. The summed E-state index contributed by atoms with van der Waals surface area (Å²) in [5.74, 6) is 2.21. The van der Waals surface area contributed by atoms with Crippen LogP contribution < -0.4 is 19.9 Å². The Bertz CT molecular complexity index is 1510. The van der Waals surface area contributed by atoms with E-state index in [1.165, 1.54) is 6.33 Å². The number of rotatable bonds is 6. The number of nitrogens with zero attached hydrogens (tertiary/aromatic N) is 4. The molecule has 0 spiro atoms. The minimum absolute atomic E-state index is 0. The maximum atomic E-state index is 6.40. The highest BCUT2D eigenvalue weighted by molar-refractivity contribution is 6.09. The van der Waals surface area contributed by atoms with E-state index >= 15 is 0 Å². The maximum Gasteiger partial charge on any atom is 0.165 e. The van der Waals surface area contributed by atoms with Gasteiger partial charge in [0.25, 0.3) is 0 Å². The normalized spacial score (nSPS) is 10.5. The lowest BCUT2D eigenvalue weighted by atomic mass is 9.89. The van der Waals surface area contributed by atoms with Crippen molar-refractivity contribution in [1.29, 1.82) is 0 Å². The standard InChI is InChI=1S/C27H23N5O3.ClH/c1-33-18-10-11-19(29-14-18)25-23(17-9-12-20(34-2)21(13-17)35-3)22(16-7-5-4-6-8-16)24-26(28)30-15-31-27(24)32-25;/h4-15H,1-3H3,(H2,28,30,31,32);1H. The Morgan fingerprint density at radius 3 is 2.17 bits per heavy atom. The van der Waals surface area contributed by atoms with Crippen LogP contribution in [-0.4, -0.2) is 41.3 Å². The van der Waals surface area contributed by atoms with E-state index in [1.807, 2.05) is 60.7 Å². The van der Waals surface area contributed by atoms with Crippen molar-refractivity contribution in [2.24, 2.45) is 0 Å². The molecule has 9 heteroatoms. The molecule has 8 nitrogen and oxygen atoms in total. The summed E-state index contributed by atoms with van der Waals surface area (Å²) in [6.45, 7) is 0. The van der Waals surface area contributed by atoms with Crippen LogP contribution in [-0.2, 0) is 0 Å². The number of methoxy groups -OCH3 is 3. The average Bonchev–Trinajstić information content (AvgIpc) is 2.92. The highest BCUT2D eigenvalue weighted by atomic mass is 35.5. The highest BCUT2D eigenvalue weighted by Crippen LogP contribution is 2.45. The lowest BCUT2D eigenvalue weighted by Crippen LogP contribution is -2.03. The number of pyridine rings is 2. The number of nitrogens with two attached hydrogens (primary N) is 1. The molecule has 3 heterocycles. The molecule has 0 unspecified atom stereocenters. The van der Waals surface area contributed by atoms with E-state index in [9.17, 15) is 0 Å². The number of ether oxygens (including phenoxy) is 3. The van der Waals surface area contributed by atoms with E-state index in [4.69, 9.17) is 24.9 Å². The molecule has 0 aliphatic heterocycles. The monoisotopic (exact) mass is 501 g/mol. The van der Waals surface area contributed by atoms with Crippen molar-refractivity contribution in [1.82, 2.24) is 19.9 Å². The number of benzene rings is 2. The lowest BCUT2D eigenvalue weighted by Gasteiger charge is -2.19. The average molecular weight is 502 g/mol. The van der Waals surface area contributed by atoms with E-state index in [-0.39, 0.29) is 12.4 Å². The van der Waals surface area contributed by atoms with Crippen LogP contribution in [0.25, 0.3) is 44.7 Å². The van der Waals surface area contributed by atoms with Crippen LogP contribution in [0.5, 0.6) is 17.2 Å². The third-order valence-electron chi connectivity index (χ3n) is 5.76. The Morgan fingerprint density at radius 1 is 0.722 bits per heavy atom. The fourth-order valence-electron chi connectivity index (χ4n) is 4.11. The molecule has 5 rings (SSSR count). The zero-order chi connectivity index (χ0) is 24.4. The Labute approximate surface area is 214 Å². The first-order chi connectivity index (χ1) is 17.1. The third kappa shape index (κ3) is 4.34. The molecule has 0 saturated heterocycles. The first-order valence-corrected chi connectivity index (χ1v) is 10.9. The van der Waals surface area contributed by atoms with Crippen molar-refractivity contribution < 1.29 is 14.2 Å². The number of hydrogen-bond donors (Lipinski definition) is 1. The first kappa shape index (κ1) is 24.7. The van der Waals surface area contributed by atoms with Gasteiger partial charge in [-0.25, -0.2) is 15.0 Å². The van der Waals surface area contributed by atoms with Crippen molar-refractivity contribution in [3.8, 4) is 50.9 Å². The van der Waals surface area contributed by atoms with Gasteiger partial charge < -0.3 is 19.9 Å². The van der Waals surface area contributed by atoms with Gasteiger partial charge in [0, 0.05) is 11.1 Å². The largest absolute Gasteiger partial charge is 0.495 e. The van der Waals surface area contributed by atoms with Crippen molar-refractivity contribution in [3.05, 3.63) is 73.2 Å². The molecule has 2 N–H and O–H groups in total. The molecule has 0 fully saturated rings. The van der Waals surface area contributed by atoms with E-state index < -0.39 is 0 Å². The predicted molar refractivity (Wildman–Crippen MR) is 143 cm³/mol. The van der Waals surface area contributed by atoms with Crippen LogP contribution >= 0.6 is 12.4 Å². The summed E-state index contributed by atoms with van der Waals surface area (Å²) in [7, 11) is 4.82. The number of hydrogen-bond acceptors (Lipinski definition) is 8. The lowest BCUT2D eigenvalue weighted by molar-refractivity contribution is 0.355. The minimum Gasteiger partial charge on any atom is -0.495 e. The van der Waals surface area contributed by atoms with Gasteiger partial charge in [0.1, 0.15) is 17.9 Å². The molecule has 36 heavy (non-hydrogen) atoms. The van der Waals surface area contributed by atoms with Crippen LogP contribution in [0, 0.1) is 0 Å². The number of fused-ring (bicyclic) bond motifs is 1. The van der Waals surface area contributed by atoms with Crippen molar-refractivity contribution in [3.63, 3.8) is 0 Å². The van der Waals surface area contributed by atoms with Gasteiger partial charge in [0.2, 0.25) is 0 Å². The van der Waals surface area contributed by atoms with Crippen LogP contribution in [0.2, 0.25) is 0 Å². The van der Waals surface area contributed by atoms with E-state index in [2.05, 4.69) is 15.0 Å². The third-order valence-corrected chi connectivity index (χ3v) is 5.76. The van der Waals surface area contributed by atoms with Crippen LogP contribution in [0.1, 0.15) is 0 Å². The number of aromatic nitrogens is 4. The second kappa shape index (κ2) is 10.5. The van der Waals surface area contributed by atoms with Crippen molar-refractivity contribution >= 4 is 29.3 Å². The molecular formula is C27H24ClN5O3. The molecule has 182 valence electrons. The molecule has 3 aromatic heterocycles. The van der Waals surface area contributed by atoms with Crippen LogP contribution in [0.4, 0.5) is 5.82 Å². The Morgan fingerprint density at radius 2 is 1.50 bits per heavy atom. The molecule has 0 bridgehead atoms. The molecule has 0 aliphatic carbocycles. The fraction of sp³-hybridized carbons (Fsp3) is 0.111. The van der Waals surface area contributed by atoms with Gasteiger partial charge in [0.05, 0.1) is 44.3 Å². The van der Waals surface area contributed by atoms with Gasteiger partial charge in [-0.15, -0.1) is 12.4 Å². The molecular weight excluding hydrogens is 478 g/mol. The Balaban J connectivity index is 0.00000304. The summed E-state index contributed by atoms with van der Waals surface area (Å²) < 4.78 is 16.4. The van der Waals surface area contributed by atoms with Crippen LogP contribution in [0.3, 0.4) is 0 Å². The highest BCUT2D eigenvalue weighted by Gasteiger charge is 2.23. The molecule has 2 aromatic carbocycles. The van der Waals surface area contributed by atoms with Crippen molar-refractivity contribution in [2.75, 3.05) is 27.1 Å². The molecule has 0 atom stereocenters. The van der Waals surface area contributed by atoms with E-state index in [0.717, 1.165) is 22.3 Å². The second-order valence-corrected chi connectivity index (χ2v) is 7.69. The summed E-state index contributed by atoms with van der Waals surface area (Å²) in [5.41, 5.74) is 11.7. The molecule has 0 amide bonds. The summed E-state index contributed by atoms with van der Waals surface area (Å²) in [4.78, 5) is 18.3. The Kier molecular flexibility index (Phi) is 7.17. The van der Waals surface area contributed by atoms with Gasteiger partial charge >= 0.3 is 0 Å². The summed E-state index contributed by atoms with van der Waals surface area (Å²) in [5, 5.41) is 0.667. The van der Waals surface area contributed by atoms with Gasteiger partial charge in [-0.1, -0.05) is 36.4 Å². The smallest absolute Gasteiger partial charge is 0.165 e. The molecule has 0 aliphatic rings. The van der Waals surface area contributed by atoms with Gasteiger partial charge in [0.15, 0.2) is 17.1 Å². The van der Waals surface area contributed by atoms with E-state index in [0.29, 0.717) is 45.5 Å². The van der Waals surface area contributed by atoms with Gasteiger partial charge in [-0.05, 0) is 35.4 Å². The molecule has 0 radical (unpaired) electrons. The molecule has 0 saturated carbocycles.